The van der Waals surface area contributed by atoms with Gasteiger partial charge in [-0.3, -0.25) is 9.59 Å². The fraction of sp³-hybridized carbons (Fsp3) is 0.391. The molecule has 1 aliphatic rings. The first-order valence-corrected chi connectivity index (χ1v) is 10.5. The minimum atomic E-state index is -0.900. The van der Waals surface area contributed by atoms with Crippen LogP contribution >= 0.6 is 15.9 Å². The van der Waals surface area contributed by atoms with E-state index in [0.29, 0.717) is 18.0 Å². The van der Waals surface area contributed by atoms with Gasteiger partial charge in [0.05, 0.1) is 11.8 Å². The van der Waals surface area contributed by atoms with E-state index in [0.717, 1.165) is 22.9 Å². The minimum absolute atomic E-state index is 0.154. The second-order valence-corrected chi connectivity index (χ2v) is 8.74. The Morgan fingerprint density at radius 2 is 1.68 bits per heavy atom. The summed E-state index contributed by atoms with van der Waals surface area (Å²) in [4.78, 5) is 25.1. The van der Waals surface area contributed by atoms with Crippen molar-refractivity contribution in [1.29, 1.82) is 0 Å². The highest BCUT2D eigenvalue weighted by Gasteiger charge is 2.42. The van der Waals surface area contributed by atoms with Gasteiger partial charge in [0.15, 0.2) is 0 Å². The summed E-state index contributed by atoms with van der Waals surface area (Å²) in [6.07, 6.45) is 2.22. The Balaban J connectivity index is 1.79. The minimum Gasteiger partial charge on any atom is -0.481 e. The number of carbonyl (C=O) groups excluding carboxylic acids is 1. The van der Waals surface area contributed by atoms with Crippen LogP contribution in [-0.2, 0) is 9.59 Å². The van der Waals surface area contributed by atoms with Crippen LogP contribution in [0.5, 0.6) is 0 Å². The Kier molecular flexibility index (Phi) is 6.55. The van der Waals surface area contributed by atoms with Crippen molar-refractivity contribution in [3.05, 3.63) is 64.1 Å². The molecule has 2 N–H and O–H groups in total. The maximum absolute atomic E-state index is 13.0. The largest absolute Gasteiger partial charge is 0.481 e. The number of amides is 1. The summed E-state index contributed by atoms with van der Waals surface area (Å²) in [5, 5.41) is 12.9. The lowest BCUT2D eigenvalue weighted by Gasteiger charge is -2.35. The number of carbonyl (C=O) groups is 2. The quantitative estimate of drug-likeness (QED) is 0.613. The Hall–Kier alpha value is -2.14. The normalized spacial score (nSPS) is 22.1. The maximum atomic E-state index is 13.0. The van der Waals surface area contributed by atoms with Crippen LogP contribution in [0.25, 0.3) is 0 Å². The van der Waals surface area contributed by atoms with E-state index in [2.05, 4.69) is 35.1 Å². The van der Waals surface area contributed by atoms with Gasteiger partial charge < -0.3 is 10.4 Å². The van der Waals surface area contributed by atoms with Crippen LogP contribution < -0.4 is 5.32 Å². The molecule has 0 radical (unpaired) electrons. The monoisotopic (exact) mass is 443 g/mol. The number of hydrogen-bond donors (Lipinski definition) is 2. The average Bonchev–Trinajstić information content (AvgIpc) is 2.68. The summed E-state index contributed by atoms with van der Waals surface area (Å²) in [5.41, 5.74) is 2.90. The van der Waals surface area contributed by atoms with Crippen LogP contribution in [0.2, 0.25) is 0 Å². The van der Waals surface area contributed by atoms with Crippen molar-refractivity contribution in [3.8, 4) is 0 Å². The zero-order chi connectivity index (χ0) is 20.3. The van der Waals surface area contributed by atoms with Crippen molar-refractivity contribution in [3.63, 3.8) is 0 Å². The standard InChI is InChI=1S/C23H26BrNO3/c1-14(2)15-8-12-18(13-9-15)25-22(26)20-5-3-4-19(21(20)23(27)28)16-6-10-17(24)11-7-16/h6-14,19-21H,3-5H2,1-2H3,(H,25,26)(H,27,28)/t19-,20-,21+/m0/s1. The SMILES string of the molecule is CC(C)c1ccc(NC(=O)[C@H]2CCC[C@@H](c3ccc(Br)cc3)[C@H]2C(=O)O)cc1. The topological polar surface area (TPSA) is 66.4 Å². The Labute approximate surface area is 174 Å². The van der Waals surface area contributed by atoms with Crippen molar-refractivity contribution in [2.24, 2.45) is 11.8 Å². The molecule has 5 heteroatoms. The third-order valence-electron chi connectivity index (χ3n) is 5.66. The predicted octanol–water partition coefficient (Wildman–Crippen LogP) is 5.80. The molecule has 3 atom stereocenters. The Morgan fingerprint density at radius 1 is 1.04 bits per heavy atom. The molecule has 1 amide bonds. The number of halogens is 1. The second kappa shape index (κ2) is 8.91. The summed E-state index contributed by atoms with van der Waals surface area (Å²) in [6, 6.07) is 15.5. The first-order valence-electron chi connectivity index (χ1n) is 9.76. The molecule has 0 unspecified atom stereocenters. The molecule has 0 aliphatic heterocycles. The van der Waals surface area contributed by atoms with Gasteiger partial charge in [0.2, 0.25) is 5.91 Å². The summed E-state index contributed by atoms with van der Waals surface area (Å²) in [5.74, 6) is -2.09. The lowest BCUT2D eigenvalue weighted by Crippen LogP contribution is -2.40. The van der Waals surface area contributed by atoms with E-state index in [4.69, 9.17) is 0 Å². The fourth-order valence-electron chi connectivity index (χ4n) is 4.11. The number of aliphatic carboxylic acids is 1. The molecule has 1 saturated carbocycles. The van der Waals surface area contributed by atoms with Gasteiger partial charge in [-0.1, -0.05) is 60.5 Å². The predicted molar refractivity (Wildman–Crippen MR) is 115 cm³/mol. The highest BCUT2D eigenvalue weighted by atomic mass is 79.9. The van der Waals surface area contributed by atoms with E-state index in [1.54, 1.807) is 0 Å². The van der Waals surface area contributed by atoms with Gasteiger partial charge in [-0.15, -0.1) is 0 Å². The maximum Gasteiger partial charge on any atom is 0.307 e. The summed E-state index contributed by atoms with van der Waals surface area (Å²) in [7, 11) is 0. The molecule has 28 heavy (non-hydrogen) atoms. The number of hydrogen-bond acceptors (Lipinski definition) is 2. The van der Waals surface area contributed by atoms with Crippen LogP contribution in [0, 0.1) is 11.8 Å². The first kappa shape index (κ1) is 20.6. The third-order valence-corrected chi connectivity index (χ3v) is 6.19. The molecule has 148 valence electrons. The number of nitrogens with one attached hydrogen (secondary N) is 1. The second-order valence-electron chi connectivity index (χ2n) is 7.83. The molecule has 0 aromatic heterocycles. The highest BCUT2D eigenvalue weighted by molar-refractivity contribution is 9.10. The molecule has 1 fully saturated rings. The molecular formula is C23H26BrNO3. The molecule has 2 aromatic rings. The molecule has 0 saturated heterocycles. The molecule has 0 spiro atoms. The van der Waals surface area contributed by atoms with Crippen LogP contribution in [0.3, 0.4) is 0 Å². The molecule has 4 nitrogen and oxygen atoms in total. The van der Waals surface area contributed by atoms with Crippen LogP contribution in [0.15, 0.2) is 53.0 Å². The van der Waals surface area contributed by atoms with E-state index >= 15 is 0 Å². The van der Waals surface area contributed by atoms with Gasteiger partial charge in [0, 0.05) is 10.2 Å². The lowest BCUT2D eigenvalue weighted by molar-refractivity contribution is -0.148. The van der Waals surface area contributed by atoms with E-state index in [9.17, 15) is 14.7 Å². The number of carboxylic acid groups (broad SMARTS) is 1. The first-order chi connectivity index (χ1) is 13.4. The molecular weight excluding hydrogens is 418 g/mol. The van der Waals surface area contributed by atoms with E-state index < -0.39 is 17.8 Å². The molecule has 2 aromatic carbocycles. The van der Waals surface area contributed by atoms with Crippen LogP contribution in [0.4, 0.5) is 5.69 Å². The molecule has 1 aliphatic carbocycles. The van der Waals surface area contributed by atoms with Crippen molar-refractivity contribution >= 4 is 33.5 Å². The van der Waals surface area contributed by atoms with Crippen LogP contribution in [-0.4, -0.2) is 17.0 Å². The number of carboxylic acids is 1. The summed E-state index contributed by atoms with van der Waals surface area (Å²) in [6.45, 7) is 4.24. The number of rotatable bonds is 5. The van der Waals surface area contributed by atoms with Crippen molar-refractivity contribution in [1.82, 2.24) is 0 Å². The zero-order valence-electron chi connectivity index (χ0n) is 16.2. The highest BCUT2D eigenvalue weighted by Crippen LogP contribution is 2.42. The molecule has 0 bridgehead atoms. The van der Waals surface area contributed by atoms with Gasteiger partial charge in [0.1, 0.15) is 0 Å². The van der Waals surface area contributed by atoms with Gasteiger partial charge in [-0.2, -0.15) is 0 Å². The Bertz CT molecular complexity index is 830. The zero-order valence-corrected chi connectivity index (χ0v) is 17.8. The van der Waals surface area contributed by atoms with Gasteiger partial charge >= 0.3 is 5.97 Å². The van der Waals surface area contributed by atoms with Gasteiger partial charge in [-0.05, 0) is 60.1 Å². The fourth-order valence-corrected chi connectivity index (χ4v) is 4.37. The Morgan fingerprint density at radius 3 is 2.25 bits per heavy atom. The van der Waals surface area contributed by atoms with Crippen molar-refractivity contribution in [2.75, 3.05) is 5.32 Å². The third kappa shape index (κ3) is 4.64. The van der Waals surface area contributed by atoms with Crippen molar-refractivity contribution < 1.29 is 14.7 Å². The van der Waals surface area contributed by atoms with Gasteiger partial charge in [0.25, 0.3) is 0 Å². The average molecular weight is 444 g/mol. The smallest absolute Gasteiger partial charge is 0.307 e. The van der Waals surface area contributed by atoms with Crippen molar-refractivity contribution in [2.45, 2.75) is 44.9 Å². The van der Waals surface area contributed by atoms with E-state index in [1.165, 1.54) is 5.56 Å². The summed E-state index contributed by atoms with van der Waals surface area (Å²) >= 11 is 3.42. The summed E-state index contributed by atoms with van der Waals surface area (Å²) < 4.78 is 0.957. The lowest BCUT2D eigenvalue weighted by atomic mass is 9.69. The number of benzene rings is 2. The van der Waals surface area contributed by atoms with E-state index in [-0.39, 0.29) is 11.8 Å². The van der Waals surface area contributed by atoms with E-state index in [1.807, 2.05) is 48.5 Å². The van der Waals surface area contributed by atoms with Gasteiger partial charge in [-0.25, -0.2) is 0 Å². The molecule has 0 heterocycles. The molecule has 3 rings (SSSR count). The number of anilines is 1. The van der Waals surface area contributed by atoms with Crippen LogP contribution in [0.1, 0.15) is 56.1 Å².